The lowest BCUT2D eigenvalue weighted by Crippen LogP contribution is -2.30. The van der Waals surface area contributed by atoms with Gasteiger partial charge in [-0.2, -0.15) is 0 Å². The third kappa shape index (κ3) is 6.06. The molecule has 186 valence electrons. The maximum atomic E-state index is 12.7. The second kappa shape index (κ2) is 11.2. The lowest BCUT2D eigenvalue weighted by Gasteiger charge is -2.32. The first kappa shape index (κ1) is 27.6. The highest BCUT2D eigenvalue weighted by Crippen LogP contribution is 2.44. The van der Waals surface area contributed by atoms with E-state index < -0.39 is 11.4 Å². The number of hydrogen-bond donors (Lipinski definition) is 1. The summed E-state index contributed by atoms with van der Waals surface area (Å²) in [5, 5.41) is 2.63. The Bertz CT molecular complexity index is 1040. The Morgan fingerprint density at radius 1 is 1.00 bits per heavy atom. The summed E-state index contributed by atoms with van der Waals surface area (Å²) < 4.78 is 10.4. The smallest absolute Gasteiger partial charge is 0.325 e. The molecule has 0 aliphatic rings. The van der Waals surface area contributed by atoms with E-state index in [9.17, 15) is 14.4 Å². The molecule has 0 atom stereocenters. The van der Waals surface area contributed by atoms with Gasteiger partial charge in [-0.05, 0) is 55.5 Å². The fourth-order valence-corrected chi connectivity index (χ4v) is 5.31. The Kier molecular flexibility index (Phi) is 9.06. The minimum atomic E-state index is -0.485. The molecule has 0 fully saturated rings. The van der Waals surface area contributed by atoms with Gasteiger partial charge >= 0.3 is 5.97 Å². The summed E-state index contributed by atoms with van der Waals surface area (Å²) in [7, 11) is 1.29. The quantitative estimate of drug-likeness (QED) is 0.456. The monoisotopic (exact) mass is 487 g/mol. The Morgan fingerprint density at radius 3 is 2.18 bits per heavy atom. The molecule has 0 spiro atoms. The summed E-state index contributed by atoms with van der Waals surface area (Å²) >= 11 is 1.46. The summed E-state index contributed by atoms with van der Waals surface area (Å²) in [4.78, 5) is 38.1. The van der Waals surface area contributed by atoms with Crippen molar-refractivity contribution in [2.75, 3.05) is 20.3 Å². The first-order chi connectivity index (χ1) is 15.9. The van der Waals surface area contributed by atoms with E-state index in [4.69, 9.17) is 4.74 Å². The number of carbonyl (C=O) groups is 3. The van der Waals surface area contributed by atoms with Crippen LogP contribution in [0.3, 0.4) is 0 Å². The number of ketones is 1. The lowest BCUT2D eigenvalue weighted by atomic mass is 9.74. The van der Waals surface area contributed by atoms with Crippen molar-refractivity contribution in [3.8, 4) is 5.75 Å². The fourth-order valence-electron chi connectivity index (χ4n) is 3.87. The SMILES string of the molecule is CCC(CC)(c1ccc(OCC(=O)C(C)(C)C)c(C)c1)c1cc(C)c(C(=O)NCC(=O)OC)s1. The van der Waals surface area contributed by atoms with Crippen LogP contribution in [0.1, 0.15) is 78.7 Å². The van der Waals surface area contributed by atoms with E-state index in [1.165, 1.54) is 18.4 Å². The molecule has 2 rings (SSSR count). The summed E-state index contributed by atoms with van der Waals surface area (Å²) in [6, 6.07) is 8.19. The molecule has 1 amide bonds. The summed E-state index contributed by atoms with van der Waals surface area (Å²) in [5.41, 5.74) is 2.29. The topological polar surface area (TPSA) is 81.7 Å². The van der Waals surface area contributed by atoms with Crippen LogP contribution in [-0.4, -0.2) is 37.9 Å². The summed E-state index contributed by atoms with van der Waals surface area (Å²) in [6.45, 7) is 13.8. The van der Waals surface area contributed by atoms with Crippen LogP contribution >= 0.6 is 11.3 Å². The van der Waals surface area contributed by atoms with Gasteiger partial charge in [0, 0.05) is 15.7 Å². The molecule has 0 aliphatic carbocycles. The molecule has 0 radical (unpaired) electrons. The Labute approximate surface area is 207 Å². The van der Waals surface area contributed by atoms with Gasteiger partial charge in [0.25, 0.3) is 5.91 Å². The summed E-state index contributed by atoms with van der Waals surface area (Å²) in [6.07, 6.45) is 1.71. The van der Waals surface area contributed by atoms with Gasteiger partial charge in [0.1, 0.15) is 18.9 Å². The number of ether oxygens (including phenoxy) is 2. The molecule has 0 bridgehead atoms. The maximum Gasteiger partial charge on any atom is 0.325 e. The predicted octanol–water partition coefficient (Wildman–Crippen LogP) is 5.37. The van der Waals surface area contributed by atoms with Gasteiger partial charge in [0.2, 0.25) is 0 Å². The van der Waals surface area contributed by atoms with Gasteiger partial charge in [-0.25, -0.2) is 0 Å². The zero-order chi connectivity index (χ0) is 25.7. The van der Waals surface area contributed by atoms with Crippen molar-refractivity contribution in [1.29, 1.82) is 0 Å². The minimum Gasteiger partial charge on any atom is -0.486 e. The molecule has 34 heavy (non-hydrogen) atoms. The zero-order valence-corrected chi connectivity index (χ0v) is 22.4. The molecule has 2 aromatic rings. The second-order valence-corrected chi connectivity index (χ2v) is 10.7. The average Bonchev–Trinajstić information content (AvgIpc) is 3.18. The molecule has 0 saturated carbocycles. The van der Waals surface area contributed by atoms with Crippen LogP contribution in [-0.2, 0) is 19.7 Å². The Morgan fingerprint density at radius 2 is 1.65 bits per heavy atom. The van der Waals surface area contributed by atoms with Gasteiger partial charge in [0.15, 0.2) is 5.78 Å². The first-order valence-corrected chi connectivity index (χ1v) is 12.4. The number of benzene rings is 1. The lowest BCUT2D eigenvalue weighted by molar-refractivity contribution is -0.139. The third-order valence-electron chi connectivity index (χ3n) is 6.35. The highest BCUT2D eigenvalue weighted by Gasteiger charge is 2.34. The number of thiophene rings is 1. The number of methoxy groups -OCH3 is 1. The highest BCUT2D eigenvalue weighted by molar-refractivity contribution is 7.14. The van der Waals surface area contributed by atoms with Gasteiger partial charge in [-0.1, -0.05) is 46.8 Å². The average molecular weight is 488 g/mol. The zero-order valence-electron chi connectivity index (χ0n) is 21.6. The van der Waals surface area contributed by atoms with Gasteiger partial charge in [0.05, 0.1) is 12.0 Å². The van der Waals surface area contributed by atoms with E-state index in [1.807, 2.05) is 40.7 Å². The van der Waals surface area contributed by atoms with E-state index >= 15 is 0 Å². The van der Waals surface area contributed by atoms with Crippen LogP contribution in [0.5, 0.6) is 5.75 Å². The first-order valence-electron chi connectivity index (χ1n) is 11.6. The molecule has 6 nitrogen and oxygen atoms in total. The van der Waals surface area contributed by atoms with Crippen LogP contribution < -0.4 is 10.1 Å². The molecule has 1 N–H and O–H groups in total. The molecule has 7 heteroatoms. The number of aryl methyl sites for hydroxylation is 2. The van der Waals surface area contributed by atoms with E-state index in [0.717, 1.165) is 34.4 Å². The van der Waals surface area contributed by atoms with Crippen molar-refractivity contribution < 1.29 is 23.9 Å². The molecule has 1 aromatic heterocycles. The van der Waals surface area contributed by atoms with Crippen LogP contribution in [0.4, 0.5) is 0 Å². The molecular weight excluding hydrogens is 450 g/mol. The van der Waals surface area contributed by atoms with Crippen LogP contribution in [0, 0.1) is 19.3 Å². The van der Waals surface area contributed by atoms with Crippen molar-refractivity contribution in [2.45, 2.75) is 66.7 Å². The van der Waals surface area contributed by atoms with E-state index in [-0.39, 0.29) is 30.3 Å². The van der Waals surface area contributed by atoms with Crippen molar-refractivity contribution in [1.82, 2.24) is 5.32 Å². The molecule has 0 aliphatic heterocycles. The normalized spacial score (nSPS) is 11.8. The Hall–Kier alpha value is -2.67. The maximum absolute atomic E-state index is 12.7. The molecular formula is C27H37NO5S. The molecule has 1 heterocycles. The third-order valence-corrected chi connectivity index (χ3v) is 7.79. The number of Topliss-reactive ketones (excluding diaryl/α,β-unsaturated/α-hetero) is 1. The van der Waals surface area contributed by atoms with Crippen molar-refractivity contribution in [3.05, 3.63) is 50.7 Å². The summed E-state index contributed by atoms with van der Waals surface area (Å²) in [5.74, 6) is -0.00266. The Balaban J connectivity index is 2.34. The number of esters is 1. The number of rotatable bonds is 10. The number of hydrogen-bond acceptors (Lipinski definition) is 6. The van der Waals surface area contributed by atoms with E-state index in [0.29, 0.717) is 10.6 Å². The highest BCUT2D eigenvalue weighted by atomic mass is 32.1. The number of amides is 1. The fraction of sp³-hybridized carbons (Fsp3) is 0.519. The van der Waals surface area contributed by atoms with E-state index in [2.05, 4.69) is 42.1 Å². The predicted molar refractivity (Wildman–Crippen MR) is 136 cm³/mol. The van der Waals surface area contributed by atoms with Crippen molar-refractivity contribution in [2.24, 2.45) is 5.41 Å². The van der Waals surface area contributed by atoms with Crippen molar-refractivity contribution in [3.63, 3.8) is 0 Å². The van der Waals surface area contributed by atoms with Crippen LogP contribution in [0.2, 0.25) is 0 Å². The van der Waals surface area contributed by atoms with Gasteiger partial charge < -0.3 is 14.8 Å². The minimum absolute atomic E-state index is 0.0462. The van der Waals surface area contributed by atoms with Gasteiger partial charge in [-0.3, -0.25) is 14.4 Å². The largest absolute Gasteiger partial charge is 0.486 e. The van der Waals surface area contributed by atoms with Crippen LogP contribution in [0.25, 0.3) is 0 Å². The molecule has 1 aromatic carbocycles. The van der Waals surface area contributed by atoms with E-state index in [1.54, 1.807) is 0 Å². The number of nitrogens with one attached hydrogen (secondary N) is 1. The second-order valence-electron chi connectivity index (χ2n) is 9.61. The van der Waals surface area contributed by atoms with Gasteiger partial charge in [-0.15, -0.1) is 11.3 Å². The van der Waals surface area contributed by atoms with Crippen LogP contribution in [0.15, 0.2) is 24.3 Å². The molecule has 0 unspecified atom stereocenters. The number of carbonyl (C=O) groups excluding carboxylic acids is 3. The molecule has 0 saturated heterocycles. The van der Waals surface area contributed by atoms with Crippen molar-refractivity contribution >= 4 is 29.0 Å². The standard InChI is InChI=1S/C27H37NO5S/c1-9-27(10-2,22-14-18(4)24(34-22)25(31)28-15-23(30)32-8)19-11-12-20(17(3)13-19)33-16-21(29)26(5,6)7/h11-14H,9-10,15-16H2,1-8H3,(H,28,31).